The van der Waals surface area contributed by atoms with Gasteiger partial charge in [-0.15, -0.1) is 0 Å². The van der Waals surface area contributed by atoms with Gasteiger partial charge in [0.25, 0.3) is 17.1 Å². The Balaban J connectivity index is 1.35. The number of carbonyl (C=O) groups excluding carboxylic acids is 4. The third-order valence-corrected chi connectivity index (χ3v) is 6.95. The summed E-state index contributed by atoms with van der Waals surface area (Å²) in [7, 11) is 2.99. The number of thioether (sulfide) groups is 1. The summed E-state index contributed by atoms with van der Waals surface area (Å²) in [5.41, 5.74) is 2.92. The van der Waals surface area contributed by atoms with Crippen molar-refractivity contribution in [3.8, 4) is 17.2 Å². The van der Waals surface area contributed by atoms with Gasteiger partial charge in [-0.2, -0.15) is 0 Å². The van der Waals surface area contributed by atoms with Crippen molar-refractivity contribution in [1.29, 1.82) is 0 Å². The minimum absolute atomic E-state index is 0.163. The highest BCUT2D eigenvalue weighted by Crippen LogP contribution is 2.34. The van der Waals surface area contributed by atoms with Crippen LogP contribution in [0.4, 0.5) is 16.2 Å². The predicted octanol–water partition coefficient (Wildman–Crippen LogP) is 4.96. The van der Waals surface area contributed by atoms with Gasteiger partial charge in [0.2, 0.25) is 5.91 Å². The number of ether oxygens (including phenoxy) is 3. The fourth-order valence-corrected chi connectivity index (χ4v) is 4.70. The van der Waals surface area contributed by atoms with Gasteiger partial charge in [-0.1, -0.05) is 25.1 Å². The van der Waals surface area contributed by atoms with Gasteiger partial charge >= 0.3 is 0 Å². The highest BCUT2D eigenvalue weighted by Gasteiger charge is 2.36. The molecule has 4 rings (SSSR count). The highest BCUT2D eigenvalue weighted by atomic mass is 32.2. The number of aryl methyl sites for hydroxylation is 1. The van der Waals surface area contributed by atoms with E-state index >= 15 is 0 Å². The van der Waals surface area contributed by atoms with E-state index in [1.165, 1.54) is 25.9 Å². The van der Waals surface area contributed by atoms with Gasteiger partial charge < -0.3 is 24.8 Å². The molecule has 1 saturated heterocycles. The predicted molar refractivity (Wildman–Crippen MR) is 157 cm³/mol. The van der Waals surface area contributed by atoms with Crippen LogP contribution in [0.15, 0.2) is 71.6 Å². The van der Waals surface area contributed by atoms with E-state index in [4.69, 9.17) is 14.2 Å². The molecule has 0 aliphatic carbocycles. The van der Waals surface area contributed by atoms with Crippen molar-refractivity contribution in [2.75, 3.05) is 38.0 Å². The first-order valence-electron chi connectivity index (χ1n) is 12.7. The maximum atomic E-state index is 12.9. The summed E-state index contributed by atoms with van der Waals surface area (Å²) in [6.45, 7) is 1.40. The van der Waals surface area contributed by atoms with Gasteiger partial charge in [0.15, 0.2) is 18.1 Å². The second-order valence-corrected chi connectivity index (χ2v) is 9.84. The number of rotatable bonds is 11. The number of amides is 4. The molecule has 1 aliphatic rings. The molecule has 0 spiro atoms. The summed E-state index contributed by atoms with van der Waals surface area (Å²) in [5.74, 6) is -0.0996. The van der Waals surface area contributed by atoms with Crippen molar-refractivity contribution in [2.24, 2.45) is 0 Å². The summed E-state index contributed by atoms with van der Waals surface area (Å²) in [6, 6.07) is 19.2. The summed E-state index contributed by atoms with van der Waals surface area (Å²) in [4.78, 5) is 51.2. The third kappa shape index (κ3) is 7.67. The van der Waals surface area contributed by atoms with E-state index in [-0.39, 0.29) is 17.4 Å². The molecule has 0 bridgehead atoms. The van der Waals surface area contributed by atoms with Crippen LogP contribution in [-0.2, 0) is 20.8 Å². The van der Waals surface area contributed by atoms with Gasteiger partial charge in [0.05, 0.1) is 19.1 Å². The summed E-state index contributed by atoms with van der Waals surface area (Å²) in [5, 5.41) is 4.89. The zero-order chi connectivity index (χ0) is 29.4. The second-order valence-electron chi connectivity index (χ2n) is 8.84. The third-order valence-electron chi connectivity index (χ3n) is 6.04. The monoisotopic (exact) mass is 575 g/mol. The Morgan fingerprint density at radius 1 is 0.854 bits per heavy atom. The van der Waals surface area contributed by atoms with Gasteiger partial charge in [-0.05, 0) is 83.9 Å². The van der Waals surface area contributed by atoms with Crippen LogP contribution >= 0.6 is 11.8 Å². The second kappa shape index (κ2) is 13.5. The van der Waals surface area contributed by atoms with E-state index in [1.54, 1.807) is 42.5 Å². The average Bonchev–Trinajstić information content (AvgIpc) is 3.24. The number of carbonyl (C=O) groups is 4. The van der Waals surface area contributed by atoms with Gasteiger partial charge in [-0.25, -0.2) is 0 Å². The van der Waals surface area contributed by atoms with Crippen LogP contribution in [0.1, 0.15) is 18.1 Å². The Morgan fingerprint density at radius 2 is 1.51 bits per heavy atom. The first-order chi connectivity index (χ1) is 19.8. The lowest BCUT2D eigenvalue weighted by Gasteiger charge is -2.13. The molecule has 212 valence electrons. The Labute approximate surface area is 241 Å². The standard InChI is InChI=1S/C30H29N3O7S/c1-4-19-5-8-21(9-6-19)32-28(35)18-40-24-14-7-20(15-25(24)39-3)16-26-29(36)33(30(37)41-26)17-27(34)31-22-10-12-23(38-2)13-11-22/h5-16H,4,17-18H2,1-3H3,(H,31,34)(H,32,35)/b26-16-. The molecule has 0 aromatic heterocycles. The topological polar surface area (TPSA) is 123 Å². The molecule has 1 aliphatic heterocycles. The first-order valence-corrected chi connectivity index (χ1v) is 13.5. The Kier molecular flexibility index (Phi) is 9.64. The van der Waals surface area contributed by atoms with Crippen LogP contribution in [0.5, 0.6) is 17.2 Å². The first kappa shape index (κ1) is 29.2. The van der Waals surface area contributed by atoms with Crippen LogP contribution in [0.3, 0.4) is 0 Å². The van der Waals surface area contributed by atoms with Gasteiger partial charge in [0, 0.05) is 11.4 Å². The van der Waals surface area contributed by atoms with Crippen molar-refractivity contribution in [1.82, 2.24) is 4.90 Å². The smallest absolute Gasteiger partial charge is 0.294 e. The van der Waals surface area contributed by atoms with Crippen LogP contribution in [0.2, 0.25) is 0 Å². The Hall–Kier alpha value is -4.77. The van der Waals surface area contributed by atoms with Crippen LogP contribution in [0.25, 0.3) is 6.08 Å². The molecule has 0 saturated carbocycles. The lowest BCUT2D eigenvalue weighted by atomic mass is 10.1. The van der Waals surface area contributed by atoms with E-state index in [0.29, 0.717) is 34.2 Å². The molecule has 3 aromatic carbocycles. The molecule has 41 heavy (non-hydrogen) atoms. The molecule has 0 radical (unpaired) electrons. The van der Waals surface area contributed by atoms with Crippen molar-refractivity contribution in [3.05, 3.63) is 82.8 Å². The minimum atomic E-state index is -0.576. The summed E-state index contributed by atoms with van der Waals surface area (Å²) >= 11 is 0.742. The van der Waals surface area contributed by atoms with E-state index in [1.807, 2.05) is 24.3 Å². The van der Waals surface area contributed by atoms with Crippen LogP contribution in [-0.4, -0.2) is 55.2 Å². The lowest BCUT2D eigenvalue weighted by Crippen LogP contribution is -2.36. The lowest BCUT2D eigenvalue weighted by molar-refractivity contribution is -0.127. The van der Waals surface area contributed by atoms with E-state index in [0.717, 1.165) is 23.1 Å². The average molecular weight is 576 g/mol. The molecule has 0 atom stereocenters. The fraction of sp³-hybridized carbons (Fsp3) is 0.200. The molecule has 1 fully saturated rings. The molecule has 0 unspecified atom stereocenters. The fourth-order valence-electron chi connectivity index (χ4n) is 3.86. The normalized spacial score (nSPS) is 13.7. The van der Waals surface area contributed by atoms with Gasteiger partial charge in [-0.3, -0.25) is 24.1 Å². The van der Waals surface area contributed by atoms with Crippen molar-refractivity contribution in [3.63, 3.8) is 0 Å². The minimum Gasteiger partial charge on any atom is -0.497 e. The van der Waals surface area contributed by atoms with Crippen molar-refractivity contribution >= 4 is 52.2 Å². The Bertz CT molecular complexity index is 1470. The molecular weight excluding hydrogens is 546 g/mol. The van der Waals surface area contributed by atoms with Crippen molar-refractivity contribution in [2.45, 2.75) is 13.3 Å². The number of benzene rings is 3. The quantitative estimate of drug-likeness (QED) is 0.308. The van der Waals surface area contributed by atoms with E-state index < -0.39 is 23.6 Å². The summed E-state index contributed by atoms with van der Waals surface area (Å²) < 4.78 is 16.1. The number of nitrogens with zero attached hydrogens (tertiary/aromatic N) is 1. The molecular formula is C30H29N3O7S. The number of hydrogen-bond donors (Lipinski definition) is 2. The molecule has 2 N–H and O–H groups in total. The van der Waals surface area contributed by atoms with Crippen LogP contribution < -0.4 is 24.8 Å². The highest BCUT2D eigenvalue weighted by molar-refractivity contribution is 8.18. The van der Waals surface area contributed by atoms with Gasteiger partial charge in [0.1, 0.15) is 12.3 Å². The zero-order valence-electron chi connectivity index (χ0n) is 22.8. The molecule has 1 heterocycles. The maximum absolute atomic E-state index is 12.9. The van der Waals surface area contributed by atoms with E-state index in [2.05, 4.69) is 17.6 Å². The molecule has 10 nitrogen and oxygen atoms in total. The molecule has 4 amide bonds. The summed E-state index contributed by atoms with van der Waals surface area (Å²) in [6.07, 6.45) is 2.44. The number of anilines is 2. The van der Waals surface area contributed by atoms with E-state index in [9.17, 15) is 19.2 Å². The maximum Gasteiger partial charge on any atom is 0.294 e. The number of nitrogens with one attached hydrogen (secondary N) is 2. The Morgan fingerprint density at radius 3 is 2.15 bits per heavy atom. The molecule has 11 heteroatoms. The molecule has 3 aromatic rings. The largest absolute Gasteiger partial charge is 0.497 e. The van der Waals surface area contributed by atoms with Crippen molar-refractivity contribution < 1.29 is 33.4 Å². The SMILES string of the molecule is CCc1ccc(NC(=O)COc2ccc(/C=C3\SC(=O)N(CC(=O)Nc4ccc(OC)cc4)C3=O)cc2OC)cc1. The van der Waals surface area contributed by atoms with Crippen LogP contribution in [0, 0.1) is 0 Å². The number of methoxy groups -OCH3 is 2. The number of imide groups is 1. The number of hydrogen-bond acceptors (Lipinski definition) is 8. The zero-order valence-corrected chi connectivity index (χ0v) is 23.6.